The SMILES string of the molecule is Cc1cc(NC(=O)CNC2CCOC2c2ccc(Cl)cc2)n(C)n1. The highest BCUT2D eigenvalue weighted by molar-refractivity contribution is 6.30. The molecule has 1 fully saturated rings. The third-order valence-electron chi connectivity index (χ3n) is 4.08. The molecule has 1 amide bonds. The van der Waals surface area contributed by atoms with E-state index in [4.69, 9.17) is 16.3 Å². The molecule has 2 atom stereocenters. The van der Waals surface area contributed by atoms with Gasteiger partial charge in [-0.2, -0.15) is 5.10 Å². The highest BCUT2D eigenvalue weighted by Crippen LogP contribution is 2.29. The number of carbonyl (C=O) groups excluding carboxylic acids is 1. The molecule has 0 bridgehead atoms. The van der Waals surface area contributed by atoms with E-state index in [9.17, 15) is 4.79 Å². The molecule has 1 saturated heterocycles. The first-order chi connectivity index (χ1) is 11.5. The summed E-state index contributed by atoms with van der Waals surface area (Å²) in [5.74, 6) is 0.593. The van der Waals surface area contributed by atoms with Gasteiger partial charge in [0, 0.05) is 30.8 Å². The van der Waals surface area contributed by atoms with Crippen LogP contribution >= 0.6 is 11.6 Å². The quantitative estimate of drug-likeness (QED) is 0.870. The molecule has 1 aromatic carbocycles. The molecule has 0 spiro atoms. The minimum Gasteiger partial charge on any atom is -0.372 e. The summed E-state index contributed by atoms with van der Waals surface area (Å²) in [6.45, 7) is 2.79. The second-order valence-electron chi connectivity index (χ2n) is 5.96. The Kier molecular flexibility index (Phi) is 5.18. The third-order valence-corrected chi connectivity index (χ3v) is 4.34. The fourth-order valence-corrected chi connectivity index (χ4v) is 3.04. The smallest absolute Gasteiger partial charge is 0.239 e. The molecule has 1 aliphatic heterocycles. The number of aryl methyl sites for hydroxylation is 2. The molecule has 1 aliphatic rings. The van der Waals surface area contributed by atoms with Gasteiger partial charge in [0.1, 0.15) is 5.82 Å². The van der Waals surface area contributed by atoms with Gasteiger partial charge >= 0.3 is 0 Å². The van der Waals surface area contributed by atoms with Crippen molar-refractivity contribution in [1.29, 1.82) is 0 Å². The Morgan fingerprint density at radius 1 is 1.42 bits per heavy atom. The van der Waals surface area contributed by atoms with Crippen LogP contribution < -0.4 is 10.6 Å². The predicted octanol–water partition coefficient (Wildman–Crippen LogP) is 2.44. The molecule has 0 saturated carbocycles. The average Bonchev–Trinajstić information content (AvgIpc) is 3.13. The van der Waals surface area contributed by atoms with Gasteiger partial charge in [-0.05, 0) is 31.0 Å². The van der Waals surface area contributed by atoms with Gasteiger partial charge < -0.3 is 15.4 Å². The van der Waals surface area contributed by atoms with Crippen LogP contribution in [-0.4, -0.2) is 34.9 Å². The first-order valence-electron chi connectivity index (χ1n) is 7.94. The molecule has 2 N–H and O–H groups in total. The van der Waals surface area contributed by atoms with Crippen molar-refractivity contribution in [1.82, 2.24) is 15.1 Å². The number of anilines is 1. The van der Waals surface area contributed by atoms with E-state index in [0.29, 0.717) is 17.4 Å². The monoisotopic (exact) mass is 348 g/mol. The van der Waals surface area contributed by atoms with Crippen molar-refractivity contribution in [3.05, 3.63) is 46.6 Å². The molecule has 1 aromatic heterocycles. The number of amides is 1. The number of carbonyl (C=O) groups is 1. The molecule has 0 radical (unpaired) electrons. The lowest BCUT2D eigenvalue weighted by atomic mass is 10.0. The Hall–Kier alpha value is -1.89. The number of rotatable bonds is 5. The molecule has 6 nitrogen and oxygen atoms in total. The predicted molar refractivity (Wildman–Crippen MR) is 93.1 cm³/mol. The van der Waals surface area contributed by atoms with Gasteiger partial charge in [0.25, 0.3) is 0 Å². The summed E-state index contributed by atoms with van der Waals surface area (Å²) in [7, 11) is 1.80. The molecule has 128 valence electrons. The largest absolute Gasteiger partial charge is 0.372 e. The van der Waals surface area contributed by atoms with Gasteiger partial charge in [-0.25, -0.2) is 0 Å². The number of hydrogen-bond acceptors (Lipinski definition) is 4. The fraction of sp³-hybridized carbons (Fsp3) is 0.412. The van der Waals surface area contributed by atoms with E-state index < -0.39 is 0 Å². The maximum absolute atomic E-state index is 12.1. The summed E-state index contributed by atoms with van der Waals surface area (Å²) in [6, 6.07) is 9.58. The maximum Gasteiger partial charge on any atom is 0.239 e. The molecule has 2 aromatic rings. The van der Waals surface area contributed by atoms with Crippen molar-refractivity contribution < 1.29 is 9.53 Å². The van der Waals surface area contributed by atoms with Gasteiger partial charge in [0.15, 0.2) is 0 Å². The first-order valence-corrected chi connectivity index (χ1v) is 8.31. The number of nitrogens with one attached hydrogen (secondary N) is 2. The number of hydrogen-bond donors (Lipinski definition) is 2. The van der Waals surface area contributed by atoms with Crippen molar-refractivity contribution in [3.63, 3.8) is 0 Å². The van der Waals surface area contributed by atoms with Crippen LogP contribution in [0.25, 0.3) is 0 Å². The summed E-state index contributed by atoms with van der Waals surface area (Å²) in [5.41, 5.74) is 1.94. The Labute approximate surface area is 146 Å². The minimum atomic E-state index is -0.0974. The maximum atomic E-state index is 12.1. The summed E-state index contributed by atoms with van der Waals surface area (Å²) in [5, 5.41) is 11.1. The zero-order valence-corrected chi connectivity index (χ0v) is 14.5. The van der Waals surface area contributed by atoms with Crippen LogP contribution in [0.3, 0.4) is 0 Å². The molecule has 24 heavy (non-hydrogen) atoms. The number of nitrogens with zero attached hydrogens (tertiary/aromatic N) is 2. The number of aromatic nitrogens is 2. The molecule has 7 heteroatoms. The molecular weight excluding hydrogens is 328 g/mol. The van der Waals surface area contributed by atoms with Crippen molar-refractivity contribution in [2.45, 2.75) is 25.5 Å². The topological polar surface area (TPSA) is 68.2 Å². The van der Waals surface area contributed by atoms with Crippen molar-refractivity contribution in [2.24, 2.45) is 7.05 Å². The Balaban J connectivity index is 1.56. The van der Waals surface area contributed by atoms with Crippen LogP contribution in [0.2, 0.25) is 5.02 Å². The fourth-order valence-electron chi connectivity index (χ4n) is 2.92. The lowest BCUT2D eigenvalue weighted by Crippen LogP contribution is -2.38. The number of benzene rings is 1. The van der Waals surface area contributed by atoms with E-state index in [1.807, 2.05) is 37.3 Å². The van der Waals surface area contributed by atoms with E-state index >= 15 is 0 Å². The summed E-state index contributed by atoms with van der Waals surface area (Å²) in [4.78, 5) is 12.1. The highest BCUT2D eigenvalue weighted by atomic mass is 35.5. The standard InChI is InChI=1S/C17H21ClN4O2/c1-11-9-15(22(2)21-11)20-16(23)10-19-14-7-8-24-17(14)12-3-5-13(18)6-4-12/h3-6,9,14,17,19H,7-8,10H2,1-2H3,(H,20,23). The van der Waals surface area contributed by atoms with Crippen LogP contribution in [0.4, 0.5) is 5.82 Å². The van der Waals surface area contributed by atoms with E-state index in [1.54, 1.807) is 11.7 Å². The van der Waals surface area contributed by atoms with E-state index in [1.165, 1.54) is 0 Å². The van der Waals surface area contributed by atoms with Crippen LogP contribution in [0.5, 0.6) is 0 Å². The van der Waals surface area contributed by atoms with E-state index in [2.05, 4.69) is 15.7 Å². The van der Waals surface area contributed by atoms with Crippen LogP contribution in [-0.2, 0) is 16.6 Å². The van der Waals surface area contributed by atoms with Gasteiger partial charge in [-0.15, -0.1) is 0 Å². The Bertz CT molecular complexity index is 714. The summed E-state index contributed by atoms with van der Waals surface area (Å²) < 4.78 is 7.47. The molecular formula is C17H21ClN4O2. The van der Waals surface area contributed by atoms with Gasteiger partial charge in [0.05, 0.1) is 18.3 Å². The van der Waals surface area contributed by atoms with Gasteiger partial charge in [-0.3, -0.25) is 9.48 Å². The second kappa shape index (κ2) is 7.34. The summed E-state index contributed by atoms with van der Waals surface area (Å²) >= 11 is 5.93. The average molecular weight is 349 g/mol. The first kappa shape index (κ1) is 17.0. The molecule has 3 rings (SSSR count). The van der Waals surface area contributed by atoms with E-state index in [-0.39, 0.29) is 24.6 Å². The van der Waals surface area contributed by atoms with Crippen molar-refractivity contribution in [2.75, 3.05) is 18.5 Å². The van der Waals surface area contributed by atoms with Crippen LogP contribution in [0.15, 0.2) is 30.3 Å². The Morgan fingerprint density at radius 2 is 2.17 bits per heavy atom. The summed E-state index contributed by atoms with van der Waals surface area (Å²) in [6.07, 6.45) is 0.805. The zero-order chi connectivity index (χ0) is 17.1. The number of ether oxygens (including phenoxy) is 1. The zero-order valence-electron chi connectivity index (χ0n) is 13.8. The van der Waals surface area contributed by atoms with Crippen LogP contribution in [0, 0.1) is 6.92 Å². The van der Waals surface area contributed by atoms with Crippen molar-refractivity contribution >= 4 is 23.3 Å². The molecule has 2 heterocycles. The lowest BCUT2D eigenvalue weighted by molar-refractivity contribution is -0.115. The van der Waals surface area contributed by atoms with Crippen LogP contribution in [0.1, 0.15) is 23.8 Å². The van der Waals surface area contributed by atoms with Gasteiger partial charge in [-0.1, -0.05) is 23.7 Å². The lowest BCUT2D eigenvalue weighted by Gasteiger charge is -2.20. The second-order valence-corrected chi connectivity index (χ2v) is 6.40. The molecule has 0 aliphatic carbocycles. The Morgan fingerprint density at radius 3 is 2.83 bits per heavy atom. The molecule has 2 unspecified atom stereocenters. The normalized spacial score (nSPS) is 20.3. The van der Waals surface area contributed by atoms with Crippen molar-refractivity contribution in [3.8, 4) is 0 Å². The van der Waals surface area contributed by atoms with Gasteiger partial charge in [0.2, 0.25) is 5.91 Å². The highest BCUT2D eigenvalue weighted by Gasteiger charge is 2.29. The third kappa shape index (κ3) is 3.95. The minimum absolute atomic E-state index is 0.0611. The van der Waals surface area contributed by atoms with E-state index in [0.717, 1.165) is 17.7 Å². The number of halogens is 1.